The highest BCUT2D eigenvalue weighted by atomic mass is 32.1. The first-order chi connectivity index (χ1) is 15.4. The molecule has 1 unspecified atom stereocenters. The summed E-state index contributed by atoms with van der Waals surface area (Å²) in [6.07, 6.45) is 1.15. The largest absolute Gasteiger partial charge is 0.403 e. The van der Waals surface area contributed by atoms with E-state index in [-0.39, 0.29) is 33.1 Å². The Morgan fingerprint density at radius 1 is 1.44 bits per heavy atom. The highest BCUT2D eigenvalue weighted by Crippen LogP contribution is 2.33. The van der Waals surface area contributed by atoms with Crippen LogP contribution in [0.3, 0.4) is 0 Å². The van der Waals surface area contributed by atoms with Crippen LogP contribution < -0.4 is 22.1 Å². The van der Waals surface area contributed by atoms with Gasteiger partial charge in [0, 0.05) is 46.5 Å². The average Bonchev–Trinajstić information content (AvgIpc) is 3.00. The number of hydrogen-bond donors (Lipinski definition) is 4. The summed E-state index contributed by atoms with van der Waals surface area (Å²) in [6, 6.07) is 3.46. The molecule has 1 fully saturated rings. The van der Waals surface area contributed by atoms with Crippen LogP contribution in [-0.2, 0) is 4.74 Å². The molecule has 6 N–H and O–H groups in total. The molecule has 0 aliphatic carbocycles. The van der Waals surface area contributed by atoms with Crippen molar-refractivity contribution in [2.75, 3.05) is 46.1 Å². The van der Waals surface area contributed by atoms with Crippen molar-refractivity contribution in [3.8, 4) is 10.6 Å². The number of nitrogens with two attached hydrogens (primary N) is 2. The molecule has 0 saturated carbocycles. The first kappa shape index (κ1) is 23.6. The Balaban J connectivity index is 1.83. The van der Waals surface area contributed by atoms with Crippen LogP contribution in [0.2, 0.25) is 0 Å². The Morgan fingerprint density at radius 2 is 2.16 bits per heavy atom. The third-order valence-electron chi connectivity index (χ3n) is 4.90. The number of carbonyl (C=O) groups excluding carboxylic acids is 1. The molecule has 1 saturated heterocycles. The first-order valence-corrected chi connectivity index (χ1v) is 10.6. The molecular formula is C20H25F2N7O2S. The fourth-order valence-electron chi connectivity index (χ4n) is 3.32. The lowest BCUT2D eigenvalue weighted by Crippen LogP contribution is -2.43. The molecule has 0 spiro atoms. The zero-order valence-electron chi connectivity index (χ0n) is 17.7. The number of carbonyl (C=O) groups is 1. The lowest BCUT2D eigenvalue weighted by atomic mass is 10.2. The Labute approximate surface area is 188 Å². The van der Waals surface area contributed by atoms with Gasteiger partial charge in [0.15, 0.2) is 5.69 Å². The van der Waals surface area contributed by atoms with Crippen molar-refractivity contribution in [3.63, 3.8) is 0 Å². The minimum atomic E-state index is -0.795. The van der Waals surface area contributed by atoms with E-state index in [1.54, 1.807) is 14.2 Å². The molecule has 9 nitrogen and oxygen atoms in total. The second-order valence-corrected chi connectivity index (χ2v) is 7.95. The fraction of sp³-hybridized carbons (Fsp3) is 0.350. The summed E-state index contributed by atoms with van der Waals surface area (Å²) >= 11 is 0.817. The number of nitrogen functional groups attached to an aromatic ring is 1. The summed E-state index contributed by atoms with van der Waals surface area (Å²) < 4.78 is 33.7. The van der Waals surface area contributed by atoms with E-state index in [0.717, 1.165) is 23.5 Å². The minimum Gasteiger partial charge on any atom is -0.403 e. The zero-order valence-corrected chi connectivity index (χ0v) is 18.5. The summed E-state index contributed by atoms with van der Waals surface area (Å²) in [5.41, 5.74) is 11.5. The predicted octanol–water partition coefficient (Wildman–Crippen LogP) is 1.15. The van der Waals surface area contributed by atoms with E-state index in [4.69, 9.17) is 16.2 Å². The second kappa shape index (κ2) is 10.5. The van der Waals surface area contributed by atoms with E-state index >= 15 is 0 Å². The molecule has 3 rings (SSSR count). The summed E-state index contributed by atoms with van der Waals surface area (Å²) in [5, 5.41) is 5.91. The number of anilines is 1. The van der Waals surface area contributed by atoms with Gasteiger partial charge < -0.3 is 31.7 Å². The maximum Gasteiger partial charge on any atom is 0.277 e. The van der Waals surface area contributed by atoms with E-state index < -0.39 is 17.5 Å². The number of ether oxygens (including phenoxy) is 1. The third kappa shape index (κ3) is 5.03. The molecule has 1 aromatic carbocycles. The van der Waals surface area contributed by atoms with E-state index in [9.17, 15) is 13.6 Å². The van der Waals surface area contributed by atoms with Gasteiger partial charge in [0.05, 0.1) is 17.4 Å². The number of nitrogens with zero attached hydrogens (tertiary/aromatic N) is 3. The van der Waals surface area contributed by atoms with Gasteiger partial charge in [-0.25, -0.2) is 13.8 Å². The van der Waals surface area contributed by atoms with E-state index in [0.29, 0.717) is 32.0 Å². The van der Waals surface area contributed by atoms with Gasteiger partial charge in [-0.05, 0) is 12.1 Å². The molecule has 1 atom stereocenters. The maximum atomic E-state index is 14.1. The van der Waals surface area contributed by atoms with Crippen LogP contribution in [-0.4, -0.2) is 68.1 Å². The molecular weight excluding hydrogens is 440 g/mol. The standard InChI is InChI=1S/C20H25F2N7O2S/c1-25-18(29-7-6-26-9-11(10-29)31-2)14(8-23)27-19(30)16-17(24)32-20(28-16)15-12(21)4-3-5-13(15)22/h3-5,8,11,26H,6-7,9-10,23-24H2,1-2H3,(H,27,30). The number of methoxy groups -OCH3 is 1. The molecule has 0 bridgehead atoms. The van der Waals surface area contributed by atoms with Crippen LogP contribution in [0.4, 0.5) is 13.8 Å². The summed E-state index contributed by atoms with van der Waals surface area (Å²) in [7, 11) is 3.21. The lowest BCUT2D eigenvalue weighted by Gasteiger charge is -2.27. The number of amidine groups is 1. The molecule has 12 heteroatoms. The van der Waals surface area contributed by atoms with Crippen molar-refractivity contribution < 1.29 is 18.3 Å². The topological polar surface area (TPSA) is 131 Å². The monoisotopic (exact) mass is 465 g/mol. The number of halogens is 2. The normalized spacial score (nSPS) is 17.9. The van der Waals surface area contributed by atoms with Crippen molar-refractivity contribution in [2.24, 2.45) is 10.7 Å². The van der Waals surface area contributed by atoms with Crippen LogP contribution >= 0.6 is 11.3 Å². The summed E-state index contributed by atoms with van der Waals surface area (Å²) in [5.74, 6) is -1.80. The number of hydrogen-bond acceptors (Lipinski definition) is 8. The molecule has 1 amide bonds. The first-order valence-electron chi connectivity index (χ1n) is 9.79. The average molecular weight is 466 g/mol. The summed E-state index contributed by atoms with van der Waals surface area (Å²) in [6.45, 7) is 2.54. The molecule has 172 valence electrons. The second-order valence-electron chi connectivity index (χ2n) is 6.92. The van der Waals surface area contributed by atoms with Gasteiger partial charge >= 0.3 is 0 Å². The van der Waals surface area contributed by atoms with E-state index in [2.05, 4.69) is 20.6 Å². The molecule has 32 heavy (non-hydrogen) atoms. The number of aromatic nitrogens is 1. The van der Waals surface area contributed by atoms with Crippen molar-refractivity contribution in [2.45, 2.75) is 6.10 Å². The SMILES string of the molecule is CN=C(C(=CN)NC(=O)c1nc(-c2c(F)cccc2F)sc1N)N1CCNCC(OC)C1. The molecule has 1 aliphatic rings. The number of aliphatic imine (C=N–C) groups is 1. The Bertz CT molecular complexity index is 1020. The quantitative estimate of drug-likeness (QED) is 0.385. The highest BCUT2D eigenvalue weighted by molar-refractivity contribution is 7.19. The maximum absolute atomic E-state index is 14.1. The van der Waals surface area contributed by atoms with Crippen molar-refractivity contribution in [1.82, 2.24) is 20.5 Å². The molecule has 1 aromatic heterocycles. The fourth-order valence-corrected chi connectivity index (χ4v) is 4.20. The van der Waals surface area contributed by atoms with Crippen molar-refractivity contribution >= 4 is 28.1 Å². The Kier molecular flexibility index (Phi) is 7.72. The van der Waals surface area contributed by atoms with Gasteiger partial charge in [-0.2, -0.15) is 0 Å². The van der Waals surface area contributed by atoms with Crippen LogP contribution in [0.1, 0.15) is 10.5 Å². The van der Waals surface area contributed by atoms with Gasteiger partial charge in [0.25, 0.3) is 5.91 Å². The smallest absolute Gasteiger partial charge is 0.277 e. The van der Waals surface area contributed by atoms with Gasteiger partial charge in [-0.3, -0.25) is 9.79 Å². The molecule has 1 aliphatic heterocycles. The van der Waals surface area contributed by atoms with Crippen LogP contribution in [0.5, 0.6) is 0 Å². The molecule has 2 aromatic rings. The number of nitrogens with one attached hydrogen (secondary N) is 2. The van der Waals surface area contributed by atoms with E-state index in [1.165, 1.54) is 12.3 Å². The Hall–Kier alpha value is -3.09. The molecule has 2 heterocycles. The number of rotatable bonds is 5. The van der Waals surface area contributed by atoms with Crippen LogP contribution in [0.15, 0.2) is 35.1 Å². The lowest BCUT2D eigenvalue weighted by molar-refractivity contribution is 0.0921. The number of amides is 1. The van der Waals surface area contributed by atoms with Crippen molar-refractivity contribution in [1.29, 1.82) is 0 Å². The third-order valence-corrected chi connectivity index (χ3v) is 5.80. The van der Waals surface area contributed by atoms with Crippen LogP contribution in [0, 0.1) is 11.6 Å². The van der Waals surface area contributed by atoms with Crippen LogP contribution in [0.25, 0.3) is 10.6 Å². The van der Waals surface area contributed by atoms with Gasteiger partial charge in [-0.1, -0.05) is 17.4 Å². The minimum absolute atomic E-state index is 0.0185. The Morgan fingerprint density at radius 3 is 2.78 bits per heavy atom. The van der Waals surface area contributed by atoms with Gasteiger partial charge in [0.2, 0.25) is 0 Å². The van der Waals surface area contributed by atoms with Gasteiger partial charge in [-0.15, -0.1) is 0 Å². The van der Waals surface area contributed by atoms with Gasteiger partial charge in [0.1, 0.15) is 27.5 Å². The van der Waals surface area contributed by atoms with Crippen molar-refractivity contribution in [3.05, 3.63) is 47.4 Å². The zero-order chi connectivity index (χ0) is 23.3. The highest BCUT2D eigenvalue weighted by Gasteiger charge is 2.26. The predicted molar refractivity (Wildman–Crippen MR) is 120 cm³/mol. The number of benzene rings is 1. The molecule has 0 radical (unpaired) electrons. The van der Waals surface area contributed by atoms with E-state index in [1.807, 2.05) is 4.90 Å². The number of thiazole rings is 1. The summed E-state index contributed by atoms with van der Waals surface area (Å²) in [4.78, 5) is 23.2.